The molecule has 112 valence electrons. The first-order chi connectivity index (χ1) is 8.87. The molecule has 0 bridgehead atoms. The summed E-state index contributed by atoms with van der Waals surface area (Å²) in [5.74, 6) is 0.450. The van der Waals surface area contributed by atoms with E-state index in [2.05, 4.69) is 33.0 Å². The standard InChI is InChI=1S/C15H29NO3/c1-6-18-14(17)7-8-16-12-9-13(15(12,4)5)19-10-11(2)3/h11-13,16H,6-10H2,1-5H3. The summed E-state index contributed by atoms with van der Waals surface area (Å²) in [5.41, 5.74) is 0.142. The summed E-state index contributed by atoms with van der Waals surface area (Å²) < 4.78 is 10.8. The van der Waals surface area contributed by atoms with Crippen LogP contribution in [-0.2, 0) is 14.3 Å². The second kappa shape index (κ2) is 7.25. The van der Waals surface area contributed by atoms with Crippen LogP contribution in [0.15, 0.2) is 0 Å². The van der Waals surface area contributed by atoms with Crippen LogP contribution in [0.3, 0.4) is 0 Å². The zero-order valence-electron chi connectivity index (χ0n) is 13.0. The molecule has 4 heteroatoms. The maximum absolute atomic E-state index is 11.2. The molecular formula is C15H29NO3. The molecule has 1 N–H and O–H groups in total. The zero-order valence-corrected chi connectivity index (χ0v) is 13.0. The molecule has 0 radical (unpaired) electrons. The van der Waals surface area contributed by atoms with Gasteiger partial charge in [-0.05, 0) is 19.3 Å². The minimum atomic E-state index is -0.125. The molecule has 1 saturated carbocycles. The number of hydrogen-bond acceptors (Lipinski definition) is 4. The predicted molar refractivity (Wildman–Crippen MR) is 76.0 cm³/mol. The number of nitrogens with one attached hydrogen (secondary N) is 1. The second-order valence-electron chi connectivity index (χ2n) is 6.33. The molecule has 0 aliphatic heterocycles. The van der Waals surface area contributed by atoms with Gasteiger partial charge in [-0.1, -0.05) is 27.7 Å². The molecule has 1 aliphatic carbocycles. The highest BCUT2D eigenvalue weighted by Crippen LogP contribution is 2.42. The molecule has 0 aromatic heterocycles. The Morgan fingerprint density at radius 1 is 1.42 bits per heavy atom. The molecule has 0 heterocycles. The number of ether oxygens (including phenoxy) is 2. The molecule has 0 spiro atoms. The van der Waals surface area contributed by atoms with E-state index in [1.807, 2.05) is 6.92 Å². The first kappa shape index (κ1) is 16.4. The fraction of sp³-hybridized carbons (Fsp3) is 0.933. The Labute approximate surface area is 117 Å². The Morgan fingerprint density at radius 3 is 2.63 bits per heavy atom. The largest absolute Gasteiger partial charge is 0.466 e. The molecule has 1 fully saturated rings. The summed E-state index contributed by atoms with van der Waals surface area (Å²) in [6, 6.07) is 0.430. The lowest BCUT2D eigenvalue weighted by atomic mass is 9.64. The molecule has 1 rings (SSSR count). The van der Waals surface area contributed by atoms with E-state index in [4.69, 9.17) is 9.47 Å². The van der Waals surface area contributed by atoms with Crippen LogP contribution in [0.4, 0.5) is 0 Å². The van der Waals surface area contributed by atoms with Gasteiger partial charge in [0.15, 0.2) is 0 Å². The van der Waals surface area contributed by atoms with Gasteiger partial charge < -0.3 is 14.8 Å². The number of hydrogen-bond donors (Lipinski definition) is 1. The van der Waals surface area contributed by atoms with Gasteiger partial charge in [-0.3, -0.25) is 4.79 Å². The SMILES string of the molecule is CCOC(=O)CCNC1CC(OCC(C)C)C1(C)C. The number of carbonyl (C=O) groups excluding carboxylic acids is 1. The molecule has 0 saturated heterocycles. The van der Waals surface area contributed by atoms with Crippen LogP contribution >= 0.6 is 0 Å². The van der Waals surface area contributed by atoms with E-state index >= 15 is 0 Å². The lowest BCUT2D eigenvalue weighted by molar-refractivity contribution is -0.143. The molecule has 2 unspecified atom stereocenters. The Kier molecular flexibility index (Phi) is 6.27. The van der Waals surface area contributed by atoms with Crippen molar-refractivity contribution in [3.05, 3.63) is 0 Å². The first-order valence-corrected chi connectivity index (χ1v) is 7.38. The third-order valence-electron chi connectivity index (χ3n) is 3.83. The highest BCUT2D eigenvalue weighted by Gasteiger charge is 2.48. The topological polar surface area (TPSA) is 47.6 Å². The van der Waals surface area contributed by atoms with Crippen molar-refractivity contribution in [3.63, 3.8) is 0 Å². The summed E-state index contributed by atoms with van der Waals surface area (Å²) >= 11 is 0. The van der Waals surface area contributed by atoms with E-state index in [9.17, 15) is 4.79 Å². The van der Waals surface area contributed by atoms with Gasteiger partial charge in [0.05, 0.1) is 19.1 Å². The Balaban J connectivity index is 2.21. The van der Waals surface area contributed by atoms with Gasteiger partial charge in [0.25, 0.3) is 0 Å². The van der Waals surface area contributed by atoms with Crippen molar-refractivity contribution in [2.45, 2.75) is 59.6 Å². The van der Waals surface area contributed by atoms with Crippen LogP contribution in [0.1, 0.15) is 47.5 Å². The minimum Gasteiger partial charge on any atom is -0.466 e. The first-order valence-electron chi connectivity index (χ1n) is 7.38. The molecule has 0 aromatic rings. The van der Waals surface area contributed by atoms with Crippen molar-refractivity contribution < 1.29 is 14.3 Å². The van der Waals surface area contributed by atoms with E-state index in [0.29, 0.717) is 37.6 Å². The number of rotatable bonds is 8. The molecule has 2 atom stereocenters. The van der Waals surface area contributed by atoms with Crippen LogP contribution in [0.5, 0.6) is 0 Å². The summed E-state index contributed by atoms with van der Waals surface area (Å²) in [5, 5.41) is 3.44. The van der Waals surface area contributed by atoms with Gasteiger partial charge >= 0.3 is 5.97 Å². The van der Waals surface area contributed by atoms with E-state index in [-0.39, 0.29) is 11.4 Å². The highest BCUT2D eigenvalue weighted by atomic mass is 16.5. The molecule has 1 aliphatic rings. The van der Waals surface area contributed by atoms with Gasteiger partial charge in [-0.15, -0.1) is 0 Å². The zero-order chi connectivity index (χ0) is 14.5. The lowest BCUT2D eigenvalue weighted by Gasteiger charge is -2.52. The van der Waals surface area contributed by atoms with Crippen LogP contribution in [0.25, 0.3) is 0 Å². The summed E-state index contributed by atoms with van der Waals surface area (Å²) in [6.45, 7) is 12.6. The maximum atomic E-state index is 11.2. The third kappa shape index (κ3) is 4.77. The van der Waals surface area contributed by atoms with Crippen LogP contribution in [-0.4, -0.2) is 37.9 Å². The van der Waals surface area contributed by atoms with Gasteiger partial charge in [-0.2, -0.15) is 0 Å². The van der Waals surface area contributed by atoms with Crippen molar-refractivity contribution in [1.29, 1.82) is 0 Å². The normalized spacial score (nSPS) is 25.2. The van der Waals surface area contributed by atoms with Crippen LogP contribution in [0, 0.1) is 11.3 Å². The summed E-state index contributed by atoms with van der Waals surface area (Å²) in [7, 11) is 0. The van der Waals surface area contributed by atoms with Crippen molar-refractivity contribution in [2.75, 3.05) is 19.8 Å². The molecule has 0 aromatic carbocycles. The van der Waals surface area contributed by atoms with Gasteiger partial charge in [-0.25, -0.2) is 0 Å². The minimum absolute atomic E-state index is 0.125. The lowest BCUT2D eigenvalue weighted by Crippen LogP contribution is -2.61. The van der Waals surface area contributed by atoms with Crippen molar-refractivity contribution in [2.24, 2.45) is 11.3 Å². The summed E-state index contributed by atoms with van der Waals surface area (Å²) in [6.07, 6.45) is 1.80. The predicted octanol–water partition coefficient (Wildman–Crippen LogP) is 2.37. The Morgan fingerprint density at radius 2 is 2.11 bits per heavy atom. The third-order valence-corrected chi connectivity index (χ3v) is 3.83. The van der Waals surface area contributed by atoms with Crippen LogP contribution < -0.4 is 5.32 Å². The van der Waals surface area contributed by atoms with Crippen LogP contribution in [0.2, 0.25) is 0 Å². The average Bonchev–Trinajstić information content (AvgIpc) is 2.31. The monoisotopic (exact) mass is 271 g/mol. The van der Waals surface area contributed by atoms with Crippen molar-refractivity contribution >= 4 is 5.97 Å². The second-order valence-corrected chi connectivity index (χ2v) is 6.33. The van der Waals surface area contributed by atoms with E-state index < -0.39 is 0 Å². The van der Waals surface area contributed by atoms with Gasteiger partial charge in [0.2, 0.25) is 0 Å². The smallest absolute Gasteiger partial charge is 0.307 e. The van der Waals surface area contributed by atoms with Crippen molar-refractivity contribution in [1.82, 2.24) is 5.32 Å². The maximum Gasteiger partial charge on any atom is 0.307 e. The van der Waals surface area contributed by atoms with E-state index in [1.54, 1.807) is 0 Å². The Hall–Kier alpha value is -0.610. The molecule has 19 heavy (non-hydrogen) atoms. The fourth-order valence-electron chi connectivity index (χ4n) is 2.40. The van der Waals surface area contributed by atoms with Gasteiger partial charge in [0, 0.05) is 24.6 Å². The molecule has 4 nitrogen and oxygen atoms in total. The molecular weight excluding hydrogens is 242 g/mol. The fourth-order valence-corrected chi connectivity index (χ4v) is 2.40. The van der Waals surface area contributed by atoms with E-state index in [0.717, 1.165) is 13.0 Å². The molecule has 0 amide bonds. The van der Waals surface area contributed by atoms with E-state index in [1.165, 1.54) is 0 Å². The highest BCUT2D eigenvalue weighted by molar-refractivity contribution is 5.69. The van der Waals surface area contributed by atoms with Gasteiger partial charge in [0.1, 0.15) is 0 Å². The number of esters is 1. The van der Waals surface area contributed by atoms with Crippen molar-refractivity contribution in [3.8, 4) is 0 Å². The number of carbonyl (C=O) groups is 1. The average molecular weight is 271 g/mol. The summed E-state index contributed by atoms with van der Waals surface area (Å²) in [4.78, 5) is 11.2. The quantitative estimate of drug-likeness (QED) is 0.689. The Bertz CT molecular complexity index is 289.